The van der Waals surface area contributed by atoms with Gasteiger partial charge in [-0.3, -0.25) is 4.79 Å². The van der Waals surface area contributed by atoms with Crippen LogP contribution in [-0.2, 0) is 11.3 Å². The van der Waals surface area contributed by atoms with Crippen molar-refractivity contribution < 1.29 is 9.53 Å². The molecule has 0 N–H and O–H groups in total. The number of ether oxygens (including phenoxy) is 1. The molecule has 0 radical (unpaired) electrons. The molecule has 1 aliphatic heterocycles. The lowest BCUT2D eigenvalue weighted by Gasteiger charge is -2.35. The zero-order chi connectivity index (χ0) is 18.8. The van der Waals surface area contributed by atoms with Crippen LogP contribution in [0, 0.1) is 6.92 Å². The van der Waals surface area contributed by atoms with E-state index in [0.29, 0.717) is 19.6 Å². The number of hydrogen-bond donors (Lipinski definition) is 0. The number of aromatic nitrogens is 3. The highest BCUT2D eigenvalue weighted by atomic mass is 16.5. The third kappa shape index (κ3) is 3.53. The molecule has 1 aliphatic rings. The molecule has 4 rings (SSSR count). The molecule has 138 valence electrons. The van der Waals surface area contributed by atoms with Gasteiger partial charge in [-0.2, -0.15) is 0 Å². The number of fused-ring (bicyclic) bond motifs is 1. The van der Waals surface area contributed by atoms with Gasteiger partial charge in [-0.15, -0.1) is 0 Å². The molecule has 7 nitrogen and oxygen atoms in total. The van der Waals surface area contributed by atoms with Gasteiger partial charge in [-0.1, -0.05) is 12.1 Å². The maximum absolute atomic E-state index is 12.7. The summed E-state index contributed by atoms with van der Waals surface area (Å²) in [5.74, 6) is 1.59. The van der Waals surface area contributed by atoms with Crippen LogP contribution in [0.2, 0.25) is 0 Å². The van der Waals surface area contributed by atoms with Gasteiger partial charge in [-0.05, 0) is 36.8 Å². The SMILES string of the molecule is COc1cccc(CN2CCN(c3ncnc4ccc(C)nc34)CC2=O)c1. The molecular formula is C20H21N5O2. The number of amides is 1. The number of pyridine rings is 1. The molecule has 0 spiro atoms. The van der Waals surface area contributed by atoms with Gasteiger partial charge in [0.2, 0.25) is 5.91 Å². The van der Waals surface area contributed by atoms with Gasteiger partial charge >= 0.3 is 0 Å². The van der Waals surface area contributed by atoms with Crippen LogP contribution in [0.3, 0.4) is 0 Å². The molecule has 1 aromatic carbocycles. The Hall–Kier alpha value is -3.22. The Kier molecular flexibility index (Phi) is 4.58. The van der Waals surface area contributed by atoms with Gasteiger partial charge in [0.25, 0.3) is 0 Å². The van der Waals surface area contributed by atoms with Crippen LogP contribution >= 0.6 is 0 Å². The number of methoxy groups -OCH3 is 1. The summed E-state index contributed by atoms with van der Waals surface area (Å²) in [7, 11) is 1.64. The summed E-state index contributed by atoms with van der Waals surface area (Å²) in [6, 6.07) is 11.7. The molecule has 0 saturated carbocycles. The van der Waals surface area contributed by atoms with E-state index >= 15 is 0 Å². The fourth-order valence-corrected chi connectivity index (χ4v) is 3.30. The summed E-state index contributed by atoms with van der Waals surface area (Å²) in [5, 5.41) is 0. The number of carbonyl (C=O) groups is 1. The fourth-order valence-electron chi connectivity index (χ4n) is 3.30. The zero-order valence-electron chi connectivity index (χ0n) is 15.4. The van der Waals surface area contributed by atoms with Gasteiger partial charge in [0.05, 0.1) is 19.2 Å². The number of aryl methyl sites for hydroxylation is 1. The molecule has 0 bridgehead atoms. The van der Waals surface area contributed by atoms with Crippen molar-refractivity contribution in [2.24, 2.45) is 0 Å². The molecule has 1 amide bonds. The van der Waals surface area contributed by atoms with Crippen molar-refractivity contribution in [2.75, 3.05) is 31.6 Å². The van der Waals surface area contributed by atoms with Crippen LogP contribution in [0.1, 0.15) is 11.3 Å². The van der Waals surface area contributed by atoms with Gasteiger partial charge in [-0.25, -0.2) is 15.0 Å². The highest BCUT2D eigenvalue weighted by Crippen LogP contribution is 2.23. The summed E-state index contributed by atoms with van der Waals surface area (Å²) < 4.78 is 5.26. The number of carbonyl (C=O) groups excluding carboxylic acids is 1. The fraction of sp³-hybridized carbons (Fsp3) is 0.300. The maximum Gasteiger partial charge on any atom is 0.242 e. The molecule has 3 heterocycles. The van der Waals surface area contributed by atoms with E-state index < -0.39 is 0 Å². The first-order valence-corrected chi connectivity index (χ1v) is 8.88. The third-order valence-electron chi connectivity index (χ3n) is 4.73. The van der Waals surface area contributed by atoms with E-state index in [-0.39, 0.29) is 12.5 Å². The quantitative estimate of drug-likeness (QED) is 0.708. The van der Waals surface area contributed by atoms with Crippen molar-refractivity contribution in [1.29, 1.82) is 0 Å². The van der Waals surface area contributed by atoms with Crippen LogP contribution in [0.4, 0.5) is 5.82 Å². The smallest absolute Gasteiger partial charge is 0.242 e. The van der Waals surface area contributed by atoms with Crippen molar-refractivity contribution in [1.82, 2.24) is 19.9 Å². The topological polar surface area (TPSA) is 71.5 Å². The number of piperazine rings is 1. The number of rotatable bonds is 4. The Labute approximate surface area is 157 Å². The maximum atomic E-state index is 12.7. The van der Waals surface area contributed by atoms with Crippen molar-refractivity contribution >= 4 is 22.8 Å². The van der Waals surface area contributed by atoms with E-state index in [1.165, 1.54) is 6.33 Å². The second kappa shape index (κ2) is 7.19. The lowest BCUT2D eigenvalue weighted by atomic mass is 10.2. The Balaban J connectivity index is 1.52. The van der Waals surface area contributed by atoms with Gasteiger partial charge in [0, 0.05) is 25.3 Å². The zero-order valence-corrected chi connectivity index (χ0v) is 15.4. The summed E-state index contributed by atoms with van der Waals surface area (Å²) in [4.78, 5) is 29.8. The second-order valence-electron chi connectivity index (χ2n) is 6.61. The summed E-state index contributed by atoms with van der Waals surface area (Å²) in [6.07, 6.45) is 1.53. The number of anilines is 1. The molecule has 2 aromatic heterocycles. The first-order chi connectivity index (χ1) is 13.1. The highest BCUT2D eigenvalue weighted by molar-refractivity contribution is 5.89. The molecule has 27 heavy (non-hydrogen) atoms. The van der Waals surface area contributed by atoms with Crippen molar-refractivity contribution in [3.05, 3.63) is 54.0 Å². The first-order valence-electron chi connectivity index (χ1n) is 8.88. The molecule has 0 unspecified atom stereocenters. The van der Waals surface area contributed by atoms with E-state index in [4.69, 9.17) is 4.74 Å². The van der Waals surface area contributed by atoms with Crippen LogP contribution in [0.25, 0.3) is 11.0 Å². The van der Waals surface area contributed by atoms with Crippen LogP contribution in [0.15, 0.2) is 42.7 Å². The van der Waals surface area contributed by atoms with Crippen molar-refractivity contribution in [2.45, 2.75) is 13.5 Å². The largest absolute Gasteiger partial charge is 0.497 e. The Morgan fingerprint density at radius 2 is 2.04 bits per heavy atom. The molecule has 0 atom stereocenters. The minimum absolute atomic E-state index is 0.0727. The van der Waals surface area contributed by atoms with Crippen LogP contribution in [0.5, 0.6) is 5.75 Å². The van der Waals surface area contributed by atoms with E-state index in [2.05, 4.69) is 15.0 Å². The summed E-state index contributed by atoms with van der Waals surface area (Å²) in [6.45, 7) is 4.13. The third-order valence-corrected chi connectivity index (χ3v) is 4.73. The summed E-state index contributed by atoms with van der Waals surface area (Å²) >= 11 is 0. The Morgan fingerprint density at radius 1 is 1.15 bits per heavy atom. The number of benzene rings is 1. The minimum atomic E-state index is 0.0727. The van der Waals surface area contributed by atoms with Crippen molar-refractivity contribution in [3.8, 4) is 5.75 Å². The number of hydrogen-bond acceptors (Lipinski definition) is 6. The first kappa shape index (κ1) is 17.2. The lowest BCUT2D eigenvalue weighted by Crippen LogP contribution is -2.50. The average Bonchev–Trinajstić information content (AvgIpc) is 2.69. The Bertz CT molecular complexity index is 991. The highest BCUT2D eigenvalue weighted by Gasteiger charge is 2.26. The standard InChI is InChI=1S/C20H21N5O2/c1-14-6-7-17-19(23-14)20(22-13-21-17)25-9-8-24(18(26)12-25)11-15-4-3-5-16(10-15)27-2/h3-7,10,13H,8-9,11-12H2,1-2H3. The molecule has 0 aliphatic carbocycles. The molecule has 7 heteroatoms. The lowest BCUT2D eigenvalue weighted by molar-refractivity contribution is -0.131. The van der Waals surface area contributed by atoms with E-state index in [1.807, 2.05) is 53.1 Å². The van der Waals surface area contributed by atoms with Crippen molar-refractivity contribution in [3.63, 3.8) is 0 Å². The monoisotopic (exact) mass is 363 g/mol. The average molecular weight is 363 g/mol. The molecule has 1 saturated heterocycles. The summed E-state index contributed by atoms with van der Waals surface area (Å²) in [5.41, 5.74) is 3.49. The molecular weight excluding hydrogens is 342 g/mol. The van der Waals surface area contributed by atoms with E-state index in [0.717, 1.165) is 33.9 Å². The van der Waals surface area contributed by atoms with Gasteiger partial charge in [0.1, 0.15) is 17.6 Å². The van der Waals surface area contributed by atoms with Crippen LogP contribution < -0.4 is 9.64 Å². The minimum Gasteiger partial charge on any atom is -0.497 e. The van der Waals surface area contributed by atoms with E-state index in [9.17, 15) is 4.79 Å². The van der Waals surface area contributed by atoms with Crippen LogP contribution in [-0.4, -0.2) is 52.5 Å². The van der Waals surface area contributed by atoms with Gasteiger partial charge < -0.3 is 14.5 Å². The Morgan fingerprint density at radius 3 is 2.85 bits per heavy atom. The van der Waals surface area contributed by atoms with Gasteiger partial charge in [0.15, 0.2) is 5.82 Å². The second-order valence-corrected chi connectivity index (χ2v) is 6.61. The number of nitrogens with zero attached hydrogens (tertiary/aromatic N) is 5. The van der Waals surface area contributed by atoms with E-state index in [1.54, 1.807) is 7.11 Å². The molecule has 3 aromatic rings. The normalized spacial score (nSPS) is 14.7. The molecule has 1 fully saturated rings. The predicted octanol–water partition coefficient (Wildman–Crippen LogP) is 2.19. The predicted molar refractivity (Wildman–Crippen MR) is 103 cm³/mol.